The number of ether oxygens (including phenoxy) is 1. The van der Waals surface area contributed by atoms with Gasteiger partial charge in [-0.05, 0) is 32.6 Å². The molecule has 8 nitrogen and oxygen atoms in total. The van der Waals surface area contributed by atoms with Crippen LogP contribution in [-0.2, 0) is 16.6 Å². The Kier molecular flexibility index (Phi) is 5.97. The summed E-state index contributed by atoms with van der Waals surface area (Å²) in [5, 5.41) is 6.68. The number of anilines is 1. The van der Waals surface area contributed by atoms with E-state index in [1.807, 2.05) is 20.8 Å². The van der Waals surface area contributed by atoms with E-state index in [-0.39, 0.29) is 17.3 Å². The van der Waals surface area contributed by atoms with Crippen molar-refractivity contribution < 1.29 is 14.3 Å². The van der Waals surface area contributed by atoms with Crippen molar-refractivity contribution in [1.82, 2.24) is 19.7 Å². The van der Waals surface area contributed by atoms with Gasteiger partial charge in [0.25, 0.3) is 0 Å². The monoisotopic (exact) mass is 339 g/mol. The largest absolute Gasteiger partial charge is 0.444 e. The maximum absolute atomic E-state index is 12.7. The van der Waals surface area contributed by atoms with Gasteiger partial charge in [0.2, 0.25) is 11.9 Å². The van der Waals surface area contributed by atoms with Gasteiger partial charge in [0.05, 0.1) is 0 Å². The molecule has 8 heteroatoms. The molecule has 1 rings (SSSR count). The molecule has 1 heterocycles. The maximum atomic E-state index is 12.7. The Morgan fingerprint density at radius 2 is 1.88 bits per heavy atom. The first kappa shape index (κ1) is 19.9. The second-order valence-corrected chi connectivity index (χ2v) is 8.10. The quantitative estimate of drug-likeness (QED) is 0.910. The third kappa shape index (κ3) is 6.55. The Bertz CT molecular complexity index is 583. The lowest BCUT2D eigenvalue weighted by atomic mass is 9.87. The van der Waals surface area contributed by atoms with Crippen molar-refractivity contribution in [3.63, 3.8) is 0 Å². The highest BCUT2D eigenvalue weighted by Gasteiger charge is 2.33. The molecule has 0 aliphatic rings. The minimum Gasteiger partial charge on any atom is -0.444 e. The molecule has 1 atom stereocenters. The topological polar surface area (TPSA) is 89.4 Å². The molecule has 1 aromatic rings. The van der Waals surface area contributed by atoms with Gasteiger partial charge in [-0.15, -0.1) is 5.10 Å². The third-order valence-electron chi connectivity index (χ3n) is 3.09. The van der Waals surface area contributed by atoms with E-state index in [1.165, 1.54) is 15.9 Å². The predicted molar refractivity (Wildman–Crippen MR) is 91.5 cm³/mol. The number of carbonyl (C=O) groups is 2. The zero-order valence-corrected chi connectivity index (χ0v) is 15.9. The van der Waals surface area contributed by atoms with Crippen LogP contribution in [0.1, 0.15) is 48.0 Å². The van der Waals surface area contributed by atoms with Crippen molar-refractivity contribution in [2.75, 3.05) is 12.4 Å². The molecule has 0 spiro atoms. The van der Waals surface area contributed by atoms with Crippen molar-refractivity contribution in [1.29, 1.82) is 0 Å². The third-order valence-corrected chi connectivity index (χ3v) is 3.09. The summed E-state index contributed by atoms with van der Waals surface area (Å²) in [6.45, 7) is 11.4. The van der Waals surface area contributed by atoms with Crippen LogP contribution < -0.4 is 5.32 Å². The lowest BCUT2D eigenvalue weighted by Crippen LogP contribution is -2.48. The van der Waals surface area contributed by atoms with Crippen molar-refractivity contribution in [3.8, 4) is 0 Å². The second kappa shape index (κ2) is 7.19. The van der Waals surface area contributed by atoms with E-state index in [9.17, 15) is 9.59 Å². The van der Waals surface area contributed by atoms with Gasteiger partial charge in [0, 0.05) is 14.1 Å². The van der Waals surface area contributed by atoms with Gasteiger partial charge < -0.3 is 4.74 Å². The Morgan fingerprint density at radius 3 is 2.29 bits per heavy atom. The van der Waals surface area contributed by atoms with E-state index in [0.29, 0.717) is 6.42 Å². The Morgan fingerprint density at radius 1 is 1.29 bits per heavy atom. The second-order valence-electron chi connectivity index (χ2n) is 8.10. The number of hydrogen-bond acceptors (Lipinski definition) is 5. The van der Waals surface area contributed by atoms with E-state index in [0.717, 1.165) is 0 Å². The van der Waals surface area contributed by atoms with Crippen LogP contribution >= 0.6 is 0 Å². The van der Waals surface area contributed by atoms with Crippen molar-refractivity contribution >= 4 is 17.9 Å². The van der Waals surface area contributed by atoms with Gasteiger partial charge in [0.1, 0.15) is 18.0 Å². The van der Waals surface area contributed by atoms with Gasteiger partial charge in [-0.1, -0.05) is 20.8 Å². The van der Waals surface area contributed by atoms with Crippen LogP contribution in [0.5, 0.6) is 0 Å². The van der Waals surface area contributed by atoms with Gasteiger partial charge in [-0.25, -0.2) is 9.78 Å². The van der Waals surface area contributed by atoms with Crippen LogP contribution in [0.25, 0.3) is 0 Å². The lowest BCUT2D eigenvalue weighted by molar-refractivity contribution is -0.122. The van der Waals surface area contributed by atoms with Crippen molar-refractivity contribution in [2.45, 2.75) is 59.6 Å². The summed E-state index contributed by atoms with van der Waals surface area (Å²) in [5.41, 5.74) is -0.785. The van der Waals surface area contributed by atoms with Gasteiger partial charge in [-0.3, -0.25) is 19.7 Å². The van der Waals surface area contributed by atoms with Crippen LogP contribution in [0.2, 0.25) is 0 Å². The van der Waals surface area contributed by atoms with Gasteiger partial charge in [-0.2, -0.15) is 0 Å². The average Bonchev–Trinajstić information content (AvgIpc) is 2.77. The van der Waals surface area contributed by atoms with E-state index >= 15 is 0 Å². The SMILES string of the molecule is CN(C(=O)OC(C)(C)C)C(CC(C)(C)C)C(=O)Nc1ncn(C)n1. The van der Waals surface area contributed by atoms with Crippen molar-refractivity contribution in [3.05, 3.63) is 6.33 Å². The molecule has 0 saturated heterocycles. The number of carbonyl (C=O) groups excluding carboxylic acids is 2. The van der Waals surface area contributed by atoms with E-state index in [4.69, 9.17) is 4.74 Å². The summed E-state index contributed by atoms with van der Waals surface area (Å²) in [5.74, 6) is -0.136. The number of nitrogens with one attached hydrogen (secondary N) is 1. The Labute approximate surface area is 143 Å². The zero-order valence-electron chi connectivity index (χ0n) is 15.9. The molecule has 0 radical (unpaired) electrons. The van der Waals surface area contributed by atoms with E-state index in [2.05, 4.69) is 15.4 Å². The number of likely N-dealkylation sites (N-methyl/N-ethyl adjacent to an activating group) is 1. The van der Waals surface area contributed by atoms with Crippen molar-refractivity contribution in [2.24, 2.45) is 12.5 Å². The average molecular weight is 339 g/mol. The van der Waals surface area contributed by atoms with Crippen LogP contribution in [0, 0.1) is 5.41 Å². The summed E-state index contributed by atoms with van der Waals surface area (Å²) >= 11 is 0. The Balaban J connectivity index is 2.93. The fraction of sp³-hybridized carbons (Fsp3) is 0.750. The number of aromatic nitrogens is 3. The van der Waals surface area contributed by atoms with Gasteiger partial charge >= 0.3 is 6.09 Å². The smallest absolute Gasteiger partial charge is 0.410 e. The number of aryl methyl sites for hydroxylation is 1. The number of amides is 2. The fourth-order valence-corrected chi connectivity index (χ4v) is 2.04. The molecule has 0 saturated carbocycles. The number of hydrogen-bond donors (Lipinski definition) is 1. The van der Waals surface area contributed by atoms with Gasteiger partial charge in [0.15, 0.2) is 0 Å². The molecule has 1 aromatic heterocycles. The summed E-state index contributed by atoms with van der Waals surface area (Å²) in [6, 6.07) is -0.691. The first-order chi connectivity index (χ1) is 10.8. The highest BCUT2D eigenvalue weighted by atomic mass is 16.6. The molecule has 1 N–H and O–H groups in total. The van der Waals surface area contributed by atoms with E-state index in [1.54, 1.807) is 34.9 Å². The zero-order chi connectivity index (χ0) is 18.7. The molecule has 2 amide bonds. The first-order valence-corrected chi connectivity index (χ1v) is 7.91. The summed E-state index contributed by atoms with van der Waals surface area (Å²) < 4.78 is 6.86. The summed E-state index contributed by atoms with van der Waals surface area (Å²) in [7, 11) is 3.28. The molecule has 0 aromatic carbocycles. The van der Waals surface area contributed by atoms with Crippen LogP contribution in [0.4, 0.5) is 10.7 Å². The first-order valence-electron chi connectivity index (χ1n) is 7.91. The molecule has 0 aliphatic carbocycles. The molecular formula is C16H29N5O3. The van der Waals surface area contributed by atoms with Crippen LogP contribution in [0.15, 0.2) is 6.33 Å². The molecular weight excluding hydrogens is 310 g/mol. The predicted octanol–water partition coefficient (Wildman–Crippen LogP) is 2.43. The highest BCUT2D eigenvalue weighted by Crippen LogP contribution is 2.25. The summed E-state index contributed by atoms with van der Waals surface area (Å²) in [4.78, 5) is 30.3. The molecule has 0 fully saturated rings. The minimum absolute atomic E-state index is 0.157. The lowest BCUT2D eigenvalue weighted by Gasteiger charge is -2.33. The highest BCUT2D eigenvalue weighted by molar-refractivity contribution is 5.95. The molecule has 0 bridgehead atoms. The maximum Gasteiger partial charge on any atom is 0.410 e. The molecule has 136 valence electrons. The minimum atomic E-state index is -0.691. The molecule has 1 unspecified atom stereocenters. The molecule has 24 heavy (non-hydrogen) atoms. The normalized spacial score (nSPS) is 13.3. The van der Waals surface area contributed by atoms with Crippen LogP contribution in [0.3, 0.4) is 0 Å². The number of nitrogens with zero attached hydrogens (tertiary/aromatic N) is 4. The standard InChI is InChI=1S/C16H29N5O3/c1-15(2,3)9-11(21(8)14(23)24-16(4,5)6)12(22)18-13-17-10-20(7)19-13/h10-11H,9H2,1-8H3,(H,18,19,22). The number of rotatable bonds is 4. The van der Waals surface area contributed by atoms with Crippen LogP contribution in [-0.4, -0.2) is 50.4 Å². The molecule has 0 aliphatic heterocycles. The van der Waals surface area contributed by atoms with E-state index < -0.39 is 17.7 Å². The fourth-order valence-electron chi connectivity index (χ4n) is 2.04. The Hall–Kier alpha value is -2.12. The summed E-state index contributed by atoms with van der Waals surface area (Å²) in [6.07, 6.45) is 1.42.